The molecule has 4 amide bonds. The average molecular weight is 275 g/mol. The zero-order valence-electron chi connectivity index (χ0n) is 12.1. The summed E-state index contributed by atoms with van der Waals surface area (Å²) >= 11 is 0. The highest BCUT2D eigenvalue weighted by Gasteiger charge is 2.31. The quantitative estimate of drug-likeness (QED) is 0.816. The Balaban J connectivity index is 1.66. The molecule has 6 heteroatoms. The van der Waals surface area contributed by atoms with Crippen molar-refractivity contribution in [1.29, 1.82) is 0 Å². The number of nitrogens with two attached hydrogens (primary N) is 1. The lowest BCUT2D eigenvalue weighted by atomic mass is 10.0. The number of hydrogen-bond donors (Lipinski definition) is 2. The van der Waals surface area contributed by atoms with E-state index >= 15 is 0 Å². The maximum absolute atomic E-state index is 12.2. The normalized spacial score (nSPS) is 20.0. The van der Waals surface area contributed by atoms with Crippen LogP contribution in [0.15, 0.2) is 24.3 Å². The van der Waals surface area contributed by atoms with Gasteiger partial charge in [0.2, 0.25) is 0 Å². The van der Waals surface area contributed by atoms with Crippen LogP contribution in [0.4, 0.5) is 15.3 Å². The SMILES string of the molecule is [2H]NC(=O)N1CCC(N2Cc3ccccc3NC2=O)CC1. The maximum Gasteiger partial charge on any atom is 0.322 e. The van der Waals surface area contributed by atoms with E-state index < -0.39 is 0 Å². The molecule has 6 nitrogen and oxygen atoms in total. The molecule has 3 N–H and O–H groups in total. The number of urea groups is 2. The number of nitrogens with one attached hydrogen (secondary N) is 1. The number of amides is 4. The molecule has 0 radical (unpaired) electrons. The third-order valence-electron chi connectivity index (χ3n) is 4.05. The van der Waals surface area contributed by atoms with Gasteiger partial charge in [-0.15, -0.1) is 0 Å². The topological polar surface area (TPSA) is 78.7 Å². The van der Waals surface area contributed by atoms with Crippen LogP contribution >= 0.6 is 0 Å². The van der Waals surface area contributed by atoms with Crippen LogP contribution in [0, 0.1) is 0 Å². The largest absolute Gasteiger partial charge is 0.351 e. The minimum atomic E-state index is -0.373. The first-order valence-corrected chi connectivity index (χ1v) is 6.81. The fourth-order valence-corrected chi connectivity index (χ4v) is 2.90. The van der Waals surface area contributed by atoms with Crippen LogP contribution in [-0.2, 0) is 6.54 Å². The number of fused-ring (bicyclic) bond motifs is 1. The number of hydrogen-bond acceptors (Lipinski definition) is 2. The van der Waals surface area contributed by atoms with Crippen molar-refractivity contribution in [2.45, 2.75) is 25.4 Å². The first kappa shape index (κ1) is 11.6. The minimum Gasteiger partial charge on any atom is -0.351 e. The Morgan fingerprint density at radius 3 is 2.85 bits per heavy atom. The molecule has 0 unspecified atom stereocenters. The van der Waals surface area contributed by atoms with Crippen LogP contribution in [0.5, 0.6) is 0 Å². The molecule has 20 heavy (non-hydrogen) atoms. The summed E-state index contributed by atoms with van der Waals surface area (Å²) in [5.74, 6) is 0. The van der Waals surface area contributed by atoms with Gasteiger partial charge in [-0.1, -0.05) is 18.2 Å². The predicted octanol–water partition coefficient (Wildman–Crippen LogP) is 1.58. The summed E-state index contributed by atoms with van der Waals surface area (Å²) < 4.78 is 6.89. The highest BCUT2D eigenvalue weighted by molar-refractivity contribution is 5.92. The molecule has 1 aromatic rings. The lowest BCUT2D eigenvalue weighted by Crippen LogP contribution is -2.51. The van der Waals surface area contributed by atoms with Crippen molar-refractivity contribution < 1.29 is 11.0 Å². The van der Waals surface area contributed by atoms with Crippen molar-refractivity contribution in [2.24, 2.45) is 5.73 Å². The molecular formula is C14H18N4O2. The highest BCUT2D eigenvalue weighted by Crippen LogP contribution is 2.27. The lowest BCUT2D eigenvalue weighted by molar-refractivity contribution is 0.131. The van der Waals surface area contributed by atoms with Gasteiger partial charge in [0, 0.05) is 31.4 Å². The number of rotatable bonds is 1. The second-order valence-electron chi connectivity index (χ2n) is 5.24. The molecule has 0 saturated carbocycles. The molecule has 0 atom stereocenters. The summed E-state index contributed by atoms with van der Waals surface area (Å²) in [7, 11) is 0. The number of primary amides is 1. The Morgan fingerprint density at radius 2 is 2.10 bits per heavy atom. The molecule has 0 aliphatic carbocycles. The summed E-state index contributed by atoms with van der Waals surface area (Å²) in [6.07, 6.45) is 1.48. The molecular weight excluding hydrogens is 256 g/mol. The zero-order valence-corrected chi connectivity index (χ0v) is 11.1. The van der Waals surface area contributed by atoms with Crippen LogP contribution in [0.2, 0.25) is 1.41 Å². The van der Waals surface area contributed by atoms with Crippen molar-refractivity contribution >= 4 is 17.7 Å². The van der Waals surface area contributed by atoms with Gasteiger partial charge in [-0.2, -0.15) is 0 Å². The van der Waals surface area contributed by atoms with Gasteiger partial charge in [0.15, 0.2) is 1.41 Å². The van der Waals surface area contributed by atoms with Crippen molar-refractivity contribution in [1.82, 2.24) is 9.80 Å². The van der Waals surface area contributed by atoms with Crippen LogP contribution in [-0.4, -0.2) is 41.0 Å². The fourth-order valence-electron chi connectivity index (χ4n) is 2.90. The predicted molar refractivity (Wildman–Crippen MR) is 75.2 cm³/mol. The van der Waals surface area contributed by atoms with Gasteiger partial charge in [-0.25, -0.2) is 9.59 Å². The van der Waals surface area contributed by atoms with E-state index in [1.165, 1.54) is 0 Å². The van der Waals surface area contributed by atoms with Gasteiger partial charge < -0.3 is 20.8 Å². The van der Waals surface area contributed by atoms with E-state index in [1.807, 2.05) is 34.9 Å². The molecule has 0 aromatic heterocycles. The summed E-state index contributed by atoms with van der Waals surface area (Å²) in [6, 6.07) is 7.49. The summed E-state index contributed by atoms with van der Waals surface area (Å²) in [4.78, 5) is 27.1. The minimum absolute atomic E-state index is 0.0721. The van der Waals surface area contributed by atoms with Gasteiger partial charge >= 0.3 is 12.1 Å². The number of carbonyl (C=O) groups excluding carboxylic acids is 2. The standard InChI is InChI=1S/C14H18N4O2/c15-13(19)17-7-5-11(6-8-17)18-9-10-3-1-2-4-12(10)16-14(18)20/h1-4,11H,5-9H2,(H2,15,19)(H,16,20)/i/hD. The number of para-hydroxylation sites is 1. The Morgan fingerprint density at radius 1 is 1.35 bits per heavy atom. The summed E-state index contributed by atoms with van der Waals surface area (Å²) in [5.41, 5.74) is 3.89. The first-order chi connectivity index (χ1) is 10.2. The second kappa shape index (κ2) is 5.03. The smallest absolute Gasteiger partial charge is 0.322 e. The van der Waals surface area contributed by atoms with E-state index in [0.29, 0.717) is 19.6 Å². The Bertz CT molecular complexity index is 558. The van der Waals surface area contributed by atoms with Crippen LogP contribution < -0.4 is 11.0 Å². The van der Waals surface area contributed by atoms with E-state index in [0.717, 1.165) is 24.1 Å². The van der Waals surface area contributed by atoms with Gasteiger partial charge in [0.1, 0.15) is 0 Å². The average Bonchev–Trinajstić information content (AvgIpc) is 2.53. The van der Waals surface area contributed by atoms with E-state index in [4.69, 9.17) is 1.41 Å². The Hall–Kier alpha value is -2.24. The van der Waals surface area contributed by atoms with Gasteiger partial charge in [-0.3, -0.25) is 0 Å². The van der Waals surface area contributed by atoms with Gasteiger partial charge in [0.25, 0.3) is 0 Å². The van der Waals surface area contributed by atoms with Gasteiger partial charge in [0.05, 0.1) is 0 Å². The molecule has 0 spiro atoms. The molecule has 2 aliphatic heterocycles. The molecule has 106 valence electrons. The number of carbonyl (C=O) groups is 2. The van der Waals surface area contributed by atoms with Crippen LogP contribution in [0.1, 0.15) is 18.4 Å². The van der Waals surface area contributed by atoms with Crippen LogP contribution in [0.3, 0.4) is 0 Å². The monoisotopic (exact) mass is 275 g/mol. The first-order valence-electron chi connectivity index (χ1n) is 7.31. The lowest BCUT2D eigenvalue weighted by Gasteiger charge is -2.40. The molecule has 1 aromatic carbocycles. The van der Waals surface area contributed by atoms with Crippen molar-refractivity contribution in [3.63, 3.8) is 0 Å². The van der Waals surface area contributed by atoms with Crippen LogP contribution in [0.25, 0.3) is 0 Å². The second-order valence-corrected chi connectivity index (χ2v) is 5.24. The number of anilines is 1. The molecule has 1 saturated heterocycles. The summed E-state index contributed by atoms with van der Waals surface area (Å²) in [6.45, 7) is 1.75. The number of piperidine rings is 1. The third-order valence-corrected chi connectivity index (χ3v) is 4.05. The van der Waals surface area contributed by atoms with Crippen molar-refractivity contribution in [3.8, 4) is 0 Å². The zero-order chi connectivity index (χ0) is 14.8. The molecule has 3 rings (SSSR count). The van der Waals surface area contributed by atoms with E-state index in [2.05, 4.69) is 5.32 Å². The number of likely N-dealkylation sites (tertiary alicyclic amines) is 1. The highest BCUT2D eigenvalue weighted by atomic mass is 16.2. The van der Waals surface area contributed by atoms with Crippen molar-refractivity contribution in [2.75, 3.05) is 18.4 Å². The Labute approximate surface area is 119 Å². The molecule has 2 aliphatic rings. The third kappa shape index (κ3) is 2.29. The van der Waals surface area contributed by atoms with Gasteiger partial charge in [-0.05, 0) is 24.5 Å². The fraction of sp³-hybridized carbons (Fsp3) is 0.429. The number of benzene rings is 1. The van der Waals surface area contributed by atoms with E-state index in [9.17, 15) is 9.59 Å². The number of nitrogens with zero attached hydrogens (tertiary/aromatic N) is 2. The molecule has 2 heterocycles. The molecule has 1 fully saturated rings. The van der Waals surface area contributed by atoms with E-state index in [-0.39, 0.29) is 18.1 Å². The Kier molecular flexibility index (Phi) is 2.91. The summed E-state index contributed by atoms with van der Waals surface area (Å²) in [5, 5.41) is 2.92. The molecule has 0 bridgehead atoms. The van der Waals surface area contributed by atoms with Crippen molar-refractivity contribution in [3.05, 3.63) is 29.8 Å². The van der Waals surface area contributed by atoms with E-state index in [1.54, 1.807) is 4.90 Å². The maximum atomic E-state index is 12.2.